The van der Waals surface area contributed by atoms with Crippen LogP contribution >= 0.6 is 0 Å². The Labute approximate surface area is 224 Å². The van der Waals surface area contributed by atoms with Crippen molar-refractivity contribution < 1.29 is 33.4 Å². The molecule has 2 atom stereocenters. The minimum Gasteiger partial charge on any atom is -0.461 e. The molecule has 0 spiro atoms. The zero-order chi connectivity index (χ0) is 27.7. The van der Waals surface area contributed by atoms with Gasteiger partial charge in [-0.05, 0) is 38.8 Å². The lowest BCUT2D eigenvalue weighted by molar-refractivity contribution is -0.169. The zero-order valence-electron chi connectivity index (χ0n) is 23.9. The van der Waals surface area contributed by atoms with Crippen LogP contribution in [0.3, 0.4) is 0 Å². The summed E-state index contributed by atoms with van der Waals surface area (Å²) in [5.41, 5.74) is 0. The lowest BCUT2D eigenvalue weighted by Gasteiger charge is -2.20. The van der Waals surface area contributed by atoms with E-state index in [0.717, 1.165) is 83.5 Å². The molecule has 0 aliphatic heterocycles. The van der Waals surface area contributed by atoms with Gasteiger partial charge in [-0.15, -0.1) is 0 Å². The van der Waals surface area contributed by atoms with Gasteiger partial charge in [0, 0.05) is 12.8 Å². The highest BCUT2D eigenvalue weighted by atomic mass is 16.6. The molecule has 0 aliphatic carbocycles. The Morgan fingerprint density at radius 1 is 0.730 bits per heavy atom. The molecule has 0 aromatic rings. The van der Waals surface area contributed by atoms with Crippen molar-refractivity contribution in [2.24, 2.45) is 11.8 Å². The Kier molecular flexibility index (Phi) is 23.1. The van der Waals surface area contributed by atoms with Crippen molar-refractivity contribution in [3.05, 3.63) is 0 Å². The molecule has 0 rings (SSSR count). The van der Waals surface area contributed by atoms with E-state index in [1.807, 2.05) is 13.8 Å². The fourth-order valence-electron chi connectivity index (χ4n) is 3.78. The second-order valence-corrected chi connectivity index (χ2v) is 10.0. The third-order valence-corrected chi connectivity index (χ3v) is 6.32. The number of carbonyl (C=O) groups excluding carboxylic acids is 4. The molecule has 8 heteroatoms. The van der Waals surface area contributed by atoms with E-state index in [1.165, 1.54) is 0 Å². The van der Waals surface area contributed by atoms with Crippen molar-refractivity contribution in [2.45, 2.75) is 124 Å². The molecule has 37 heavy (non-hydrogen) atoms. The Morgan fingerprint density at radius 2 is 1.24 bits per heavy atom. The predicted molar refractivity (Wildman–Crippen MR) is 145 cm³/mol. The van der Waals surface area contributed by atoms with Crippen LogP contribution in [0.2, 0.25) is 0 Å². The van der Waals surface area contributed by atoms with Crippen LogP contribution in [0.1, 0.15) is 118 Å². The minimum absolute atomic E-state index is 0.133. The summed E-state index contributed by atoms with van der Waals surface area (Å²) in [5.74, 6) is -1.54. The Balaban J connectivity index is 4.65. The molecular weight excluding hydrogens is 474 g/mol. The van der Waals surface area contributed by atoms with Crippen molar-refractivity contribution in [3.63, 3.8) is 0 Å². The predicted octanol–water partition coefficient (Wildman–Crippen LogP) is 5.55. The Morgan fingerprint density at radius 3 is 1.73 bits per heavy atom. The van der Waals surface area contributed by atoms with Gasteiger partial charge in [0.25, 0.3) is 0 Å². The van der Waals surface area contributed by atoms with Gasteiger partial charge in [-0.25, -0.2) is 0 Å². The normalized spacial score (nSPS) is 13.4. The molecular formula is C29H53NO7. The number of ether oxygens (including phenoxy) is 3. The summed E-state index contributed by atoms with van der Waals surface area (Å²) in [6.45, 7) is 9.06. The highest BCUT2D eigenvalue weighted by Gasteiger charge is 2.23. The standard InChI is InChI=1S/C29H53NO7/c1-5-7-9-11-16-24(3)28(33)35-22-26(23-36-29(34)25(4)17-12-10-8-6-2)37-27(32)18-15-20-30-19-13-14-21-31/h21,24-26,30H,5-20,22-23H2,1-4H3. The van der Waals surface area contributed by atoms with E-state index in [1.54, 1.807) is 0 Å². The van der Waals surface area contributed by atoms with Crippen LogP contribution in [0.5, 0.6) is 0 Å². The first-order valence-electron chi connectivity index (χ1n) is 14.5. The summed E-state index contributed by atoms with van der Waals surface area (Å²) in [6.07, 6.45) is 12.3. The zero-order valence-corrected chi connectivity index (χ0v) is 23.9. The van der Waals surface area contributed by atoms with Gasteiger partial charge in [0.05, 0.1) is 11.8 Å². The first-order valence-corrected chi connectivity index (χ1v) is 14.5. The maximum atomic E-state index is 12.4. The third kappa shape index (κ3) is 20.7. The lowest BCUT2D eigenvalue weighted by Crippen LogP contribution is -2.33. The maximum absolute atomic E-state index is 12.4. The lowest BCUT2D eigenvalue weighted by atomic mass is 10.0. The molecule has 0 aliphatic rings. The van der Waals surface area contributed by atoms with Gasteiger partial charge >= 0.3 is 17.9 Å². The second-order valence-electron chi connectivity index (χ2n) is 10.0. The van der Waals surface area contributed by atoms with Crippen molar-refractivity contribution >= 4 is 24.2 Å². The summed E-state index contributed by atoms with van der Waals surface area (Å²) in [4.78, 5) is 47.6. The molecule has 0 saturated heterocycles. The fourth-order valence-corrected chi connectivity index (χ4v) is 3.78. The van der Waals surface area contributed by atoms with Gasteiger partial charge in [-0.3, -0.25) is 14.4 Å². The number of carbonyl (C=O) groups is 4. The number of hydrogen-bond acceptors (Lipinski definition) is 8. The molecule has 0 aromatic carbocycles. The van der Waals surface area contributed by atoms with Gasteiger partial charge < -0.3 is 24.3 Å². The first-order chi connectivity index (χ1) is 17.8. The molecule has 0 fully saturated rings. The van der Waals surface area contributed by atoms with E-state index in [9.17, 15) is 19.2 Å². The van der Waals surface area contributed by atoms with E-state index in [-0.39, 0.29) is 43.4 Å². The van der Waals surface area contributed by atoms with Crippen LogP contribution < -0.4 is 5.32 Å². The summed E-state index contributed by atoms with van der Waals surface area (Å²) < 4.78 is 16.4. The number of esters is 3. The number of aldehydes is 1. The van der Waals surface area contributed by atoms with E-state index in [2.05, 4.69) is 19.2 Å². The van der Waals surface area contributed by atoms with Crippen molar-refractivity contribution in [3.8, 4) is 0 Å². The minimum atomic E-state index is -0.833. The molecule has 0 heterocycles. The number of hydrogen-bond donors (Lipinski definition) is 1. The molecule has 0 aromatic heterocycles. The van der Waals surface area contributed by atoms with Crippen LogP contribution in [0.15, 0.2) is 0 Å². The van der Waals surface area contributed by atoms with Gasteiger partial charge in [-0.2, -0.15) is 0 Å². The topological polar surface area (TPSA) is 108 Å². The SMILES string of the molecule is CCCCCCC(C)C(=O)OCC(COC(=O)C(C)CCCCCC)OC(=O)CCCNCCCC=O. The molecule has 1 N–H and O–H groups in total. The molecule has 0 radical (unpaired) electrons. The van der Waals surface area contributed by atoms with Crippen LogP contribution in [-0.2, 0) is 33.4 Å². The summed E-state index contributed by atoms with van der Waals surface area (Å²) in [5, 5.41) is 3.18. The summed E-state index contributed by atoms with van der Waals surface area (Å²) in [6, 6.07) is 0. The maximum Gasteiger partial charge on any atom is 0.308 e. The first kappa shape index (κ1) is 35.0. The highest BCUT2D eigenvalue weighted by molar-refractivity contribution is 5.73. The van der Waals surface area contributed by atoms with Crippen molar-refractivity contribution in [1.29, 1.82) is 0 Å². The van der Waals surface area contributed by atoms with Crippen molar-refractivity contribution in [1.82, 2.24) is 5.32 Å². The molecule has 216 valence electrons. The highest BCUT2D eigenvalue weighted by Crippen LogP contribution is 2.14. The van der Waals surface area contributed by atoms with Crippen LogP contribution in [0.4, 0.5) is 0 Å². The van der Waals surface area contributed by atoms with E-state index < -0.39 is 12.1 Å². The van der Waals surface area contributed by atoms with Crippen LogP contribution in [0, 0.1) is 11.8 Å². The fraction of sp³-hybridized carbons (Fsp3) is 0.862. The third-order valence-electron chi connectivity index (χ3n) is 6.32. The monoisotopic (exact) mass is 527 g/mol. The average Bonchev–Trinajstić information content (AvgIpc) is 2.89. The van der Waals surface area contributed by atoms with Crippen molar-refractivity contribution in [2.75, 3.05) is 26.3 Å². The summed E-state index contributed by atoms with van der Waals surface area (Å²) in [7, 11) is 0. The smallest absolute Gasteiger partial charge is 0.308 e. The Hall–Kier alpha value is -1.96. The molecule has 0 bridgehead atoms. The van der Waals surface area contributed by atoms with Crippen LogP contribution in [0.25, 0.3) is 0 Å². The largest absolute Gasteiger partial charge is 0.461 e. The van der Waals surface area contributed by atoms with Gasteiger partial charge in [0.2, 0.25) is 0 Å². The number of rotatable bonds is 25. The average molecular weight is 528 g/mol. The summed E-state index contributed by atoms with van der Waals surface area (Å²) >= 11 is 0. The number of nitrogens with one attached hydrogen (secondary N) is 1. The van der Waals surface area contributed by atoms with Gasteiger partial charge in [0.15, 0.2) is 6.10 Å². The molecule has 8 nitrogen and oxygen atoms in total. The second kappa shape index (κ2) is 24.4. The molecule has 0 saturated carbocycles. The van der Waals surface area contributed by atoms with Crippen LogP contribution in [-0.4, -0.2) is 56.6 Å². The van der Waals surface area contributed by atoms with E-state index in [4.69, 9.17) is 14.2 Å². The number of unbranched alkanes of at least 4 members (excludes halogenated alkanes) is 7. The molecule has 0 amide bonds. The Bertz CT molecular complexity index is 577. The molecule has 2 unspecified atom stereocenters. The van der Waals surface area contributed by atoms with Gasteiger partial charge in [-0.1, -0.05) is 79.1 Å². The van der Waals surface area contributed by atoms with Gasteiger partial charge in [0.1, 0.15) is 19.5 Å². The van der Waals surface area contributed by atoms with E-state index >= 15 is 0 Å². The quantitative estimate of drug-likeness (QED) is 0.0713. The van der Waals surface area contributed by atoms with E-state index in [0.29, 0.717) is 19.4 Å².